The molecule has 0 spiro atoms. The van der Waals surface area contributed by atoms with Crippen LogP contribution in [0, 0.1) is 0 Å². The molecule has 0 aliphatic carbocycles. The Morgan fingerprint density at radius 3 is 2.53 bits per heavy atom. The maximum Gasteiger partial charge on any atom is 0.161 e. The fraction of sp³-hybridized carbons (Fsp3) is 0.273. The van der Waals surface area contributed by atoms with Crippen molar-refractivity contribution in [2.24, 2.45) is 10.2 Å². The van der Waals surface area contributed by atoms with Crippen LogP contribution in [0.3, 0.4) is 0 Å². The van der Waals surface area contributed by atoms with Crippen LogP contribution in [-0.4, -0.2) is 26.1 Å². The quantitative estimate of drug-likeness (QED) is 0.754. The van der Waals surface area contributed by atoms with Crippen molar-refractivity contribution in [2.75, 3.05) is 14.2 Å². The maximum absolute atomic E-state index is 5.22. The van der Waals surface area contributed by atoms with Crippen LogP contribution in [0.2, 0.25) is 0 Å². The smallest absolute Gasteiger partial charge is 0.161 e. The van der Waals surface area contributed by atoms with Gasteiger partial charge in [-0.1, -0.05) is 0 Å². The van der Waals surface area contributed by atoms with Gasteiger partial charge < -0.3 is 9.47 Å². The summed E-state index contributed by atoms with van der Waals surface area (Å²) in [7, 11) is 3.24. The minimum Gasteiger partial charge on any atom is -0.493 e. The molecule has 78 valence electrons. The van der Waals surface area contributed by atoms with E-state index < -0.39 is 0 Å². The van der Waals surface area contributed by atoms with Crippen molar-refractivity contribution in [2.45, 2.75) is 6.42 Å². The lowest BCUT2D eigenvalue weighted by Gasteiger charge is -2.08. The Hall–Kier alpha value is -1.84. The molecule has 0 fully saturated rings. The SMILES string of the molecule is COc1ccc(C2=NN=CC2)cc1OC. The summed E-state index contributed by atoms with van der Waals surface area (Å²) in [4.78, 5) is 0. The molecule has 0 aromatic heterocycles. The Balaban J connectivity index is 2.34. The highest BCUT2D eigenvalue weighted by molar-refractivity contribution is 6.09. The normalized spacial score (nSPS) is 13.9. The summed E-state index contributed by atoms with van der Waals surface area (Å²) in [5.41, 5.74) is 1.97. The van der Waals surface area contributed by atoms with E-state index in [-0.39, 0.29) is 0 Å². The first-order valence-corrected chi connectivity index (χ1v) is 4.66. The van der Waals surface area contributed by atoms with Crippen molar-refractivity contribution in [3.8, 4) is 11.5 Å². The minimum absolute atomic E-state index is 0.713. The van der Waals surface area contributed by atoms with E-state index in [0.717, 1.165) is 23.4 Å². The lowest BCUT2D eigenvalue weighted by molar-refractivity contribution is 0.355. The van der Waals surface area contributed by atoms with Crippen molar-refractivity contribution >= 4 is 11.9 Å². The molecule has 0 radical (unpaired) electrons. The van der Waals surface area contributed by atoms with E-state index in [2.05, 4.69) is 10.2 Å². The zero-order chi connectivity index (χ0) is 10.7. The van der Waals surface area contributed by atoms with E-state index in [1.54, 1.807) is 20.4 Å². The fourth-order valence-corrected chi connectivity index (χ4v) is 1.47. The highest BCUT2D eigenvalue weighted by Crippen LogP contribution is 2.28. The van der Waals surface area contributed by atoms with Crippen molar-refractivity contribution < 1.29 is 9.47 Å². The van der Waals surface area contributed by atoms with Crippen LogP contribution in [-0.2, 0) is 0 Å². The summed E-state index contributed by atoms with van der Waals surface area (Å²) in [6, 6.07) is 5.73. The predicted molar refractivity (Wildman–Crippen MR) is 59.2 cm³/mol. The van der Waals surface area contributed by atoms with Gasteiger partial charge in [0.15, 0.2) is 11.5 Å². The topological polar surface area (TPSA) is 43.2 Å². The molecule has 4 nitrogen and oxygen atoms in total. The molecule has 15 heavy (non-hydrogen) atoms. The molecular weight excluding hydrogens is 192 g/mol. The third-order valence-corrected chi connectivity index (χ3v) is 2.26. The molecule has 0 atom stereocenters. The lowest BCUT2D eigenvalue weighted by atomic mass is 10.1. The van der Waals surface area contributed by atoms with Gasteiger partial charge in [-0.05, 0) is 18.2 Å². The summed E-state index contributed by atoms with van der Waals surface area (Å²) in [6.07, 6.45) is 2.56. The number of benzene rings is 1. The van der Waals surface area contributed by atoms with Gasteiger partial charge in [-0.15, -0.1) is 0 Å². The molecule has 0 bridgehead atoms. The summed E-state index contributed by atoms with van der Waals surface area (Å²) >= 11 is 0. The summed E-state index contributed by atoms with van der Waals surface area (Å²) < 4.78 is 10.4. The van der Waals surface area contributed by atoms with Crippen molar-refractivity contribution in [3.05, 3.63) is 23.8 Å². The van der Waals surface area contributed by atoms with E-state index >= 15 is 0 Å². The Morgan fingerprint density at radius 2 is 1.93 bits per heavy atom. The Bertz CT molecular complexity index is 425. The maximum atomic E-state index is 5.22. The number of hydrogen-bond donors (Lipinski definition) is 0. The molecule has 1 aliphatic rings. The zero-order valence-corrected chi connectivity index (χ0v) is 8.73. The van der Waals surface area contributed by atoms with Gasteiger partial charge in [-0.2, -0.15) is 10.2 Å². The van der Waals surface area contributed by atoms with Gasteiger partial charge in [0.1, 0.15) is 0 Å². The highest BCUT2D eigenvalue weighted by Gasteiger charge is 2.10. The van der Waals surface area contributed by atoms with Crippen molar-refractivity contribution in [1.29, 1.82) is 0 Å². The molecule has 2 rings (SSSR count). The zero-order valence-electron chi connectivity index (χ0n) is 8.73. The molecule has 0 N–H and O–H groups in total. The molecule has 1 heterocycles. The summed E-state index contributed by atoms with van der Waals surface area (Å²) in [6.45, 7) is 0. The molecule has 0 saturated heterocycles. The number of nitrogens with zero attached hydrogens (tertiary/aromatic N) is 2. The number of ether oxygens (including phenoxy) is 2. The predicted octanol–water partition coefficient (Wildman–Crippen LogP) is 1.88. The summed E-state index contributed by atoms with van der Waals surface area (Å²) in [5, 5.41) is 7.86. The second-order valence-corrected chi connectivity index (χ2v) is 3.12. The summed E-state index contributed by atoms with van der Waals surface area (Å²) in [5.74, 6) is 1.44. The van der Waals surface area contributed by atoms with Gasteiger partial charge in [0.05, 0.1) is 19.9 Å². The Kier molecular flexibility index (Phi) is 2.67. The fourth-order valence-electron chi connectivity index (χ4n) is 1.47. The van der Waals surface area contributed by atoms with Gasteiger partial charge in [-0.25, -0.2) is 0 Å². The van der Waals surface area contributed by atoms with E-state index in [1.807, 2.05) is 18.2 Å². The molecule has 1 aliphatic heterocycles. The van der Waals surface area contributed by atoms with Crippen LogP contribution >= 0.6 is 0 Å². The van der Waals surface area contributed by atoms with Crippen LogP contribution < -0.4 is 9.47 Å². The van der Waals surface area contributed by atoms with Gasteiger partial charge in [0.25, 0.3) is 0 Å². The van der Waals surface area contributed by atoms with Crippen LogP contribution in [0.5, 0.6) is 11.5 Å². The van der Waals surface area contributed by atoms with E-state index in [0.29, 0.717) is 5.75 Å². The third kappa shape index (κ3) is 1.83. The van der Waals surface area contributed by atoms with Crippen LogP contribution in [0.1, 0.15) is 12.0 Å². The monoisotopic (exact) mass is 204 g/mol. The first-order valence-electron chi connectivity index (χ1n) is 4.66. The second kappa shape index (κ2) is 4.13. The van der Waals surface area contributed by atoms with E-state index in [4.69, 9.17) is 9.47 Å². The average Bonchev–Trinajstić information content (AvgIpc) is 2.81. The first kappa shape index (κ1) is 9.71. The lowest BCUT2D eigenvalue weighted by Crippen LogP contribution is -1.99. The molecule has 0 amide bonds. The number of methoxy groups -OCH3 is 2. The Labute approximate surface area is 88.2 Å². The van der Waals surface area contributed by atoms with Gasteiger partial charge in [-0.3, -0.25) is 0 Å². The molecule has 1 aromatic carbocycles. The van der Waals surface area contributed by atoms with Crippen molar-refractivity contribution in [1.82, 2.24) is 0 Å². The Morgan fingerprint density at radius 1 is 1.13 bits per heavy atom. The van der Waals surface area contributed by atoms with E-state index in [9.17, 15) is 0 Å². The van der Waals surface area contributed by atoms with Gasteiger partial charge >= 0.3 is 0 Å². The average molecular weight is 204 g/mol. The number of rotatable bonds is 3. The van der Waals surface area contributed by atoms with Gasteiger partial charge in [0, 0.05) is 18.2 Å². The third-order valence-electron chi connectivity index (χ3n) is 2.26. The van der Waals surface area contributed by atoms with Gasteiger partial charge in [0.2, 0.25) is 0 Å². The standard InChI is InChI=1S/C11H12N2O2/c1-14-10-4-3-8(7-11(10)15-2)9-5-6-12-13-9/h3-4,6-7H,5H2,1-2H3. The van der Waals surface area contributed by atoms with E-state index in [1.165, 1.54) is 0 Å². The molecule has 1 aromatic rings. The largest absolute Gasteiger partial charge is 0.493 e. The van der Waals surface area contributed by atoms with Crippen LogP contribution in [0.25, 0.3) is 0 Å². The second-order valence-electron chi connectivity index (χ2n) is 3.12. The minimum atomic E-state index is 0.713. The van der Waals surface area contributed by atoms with Crippen LogP contribution in [0.15, 0.2) is 28.4 Å². The van der Waals surface area contributed by atoms with Crippen molar-refractivity contribution in [3.63, 3.8) is 0 Å². The molecular formula is C11H12N2O2. The number of hydrogen-bond acceptors (Lipinski definition) is 4. The first-order chi connectivity index (χ1) is 7.35. The highest BCUT2D eigenvalue weighted by atomic mass is 16.5. The molecule has 0 saturated carbocycles. The molecule has 0 unspecified atom stereocenters. The van der Waals surface area contributed by atoms with Crippen LogP contribution in [0.4, 0.5) is 0 Å². The molecule has 4 heteroatoms.